The van der Waals surface area contributed by atoms with Crippen LogP contribution in [0.2, 0.25) is 0 Å². The minimum atomic E-state index is -0.174. The third-order valence-electron chi connectivity index (χ3n) is 3.65. The first-order valence-electron chi connectivity index (χ1n) is 7.13. The first-order valence-corrected chi connectivity index (χ1v) is 7.13. The Labute approximate surface area is 119 Å². The van der Waals surface area contributed by atoms with Gasteiger partial charge in [0, 0.05) is 24.3 Å². The van der Waals surface area contributed by atoms with Crippen molar-refractivity contribution in [2.75, 3.05) is 13.2 Å². The molecular weight excluding hydrogens is 252 g/mol. The van der Waals surface area contributed by atoms with Crippen LogP contribution in [0.15, 0.2) is 18.3 Å². The molecule has 0 bridgehead atoms. The molecule has 20 heavy (non-hydrogen) atoms. The summed E-state index contributed by atoms with van der Waals surface area (Å²) < 4.78 is 0. The molecule has 1 fully saturated rings. The van der Waals surface area contributed by atoms with E-state index >= 15 is 0 Å². The largest absolute Gasteiger partial charge is 0.384 e. The molecular formula is C16H20N2O2. The molecule has 106 valence electrons. The van der Waals surface area contributed by atoms with E-state index in [1.165, 1.54) is 6.42 Å². The lowest BCUT2D eigenvalue weighted by atomic mass is 9.99. The summed E-state index contributed by atoms with van der Waals surface area (Å²) in [4.78, 5) is 18.6. The van der Waals surface area contributed by atoms with Gasteiger partial charge in [0.1, 0.15) is 12.3 Å². The molecule has 1 aromatic heterocycles. The lowest BCUT2D eigenvalue weighted by Gasteiger charge is -2.35. The molecule has 1 atom stereocenters. The monoisotopic (exact) mass is 272 g/mol. The Kier molecular flexibility index (Phi) is 5.14. The quantitative estimate of drug-likeness (QED) is 0.836. The highest BCUT2D eigenvalue weighted by Crippen LogP contribution is 2.21. The molecule has 1 saturated heterocycles. The lowest BCUT2D eigenvalue weighted by molar-refractivity contribution is 0.0602. The maximum atomic E-state index is 12.5. The van der Waals surface area contributed by atoms with Gasteiger partial charge in [0.25, 0.3) is 5.91 Å². The number of aliphatic hydroxyl groups is 1. The Balaban J connectivity index is 2.12. The van der Waals surface area contributed by atoms with Crippen molar-refractivity contribution in [3.05, 3.63) is 29.6 Å². The van der Waals surface area contributed by atoms with E-state index in [4.69, 9.17) is 5.11 Å². The second kappa shape index (κ2) is 7.06. The van der Waals surface area contributed by atoms with Gasteiger partial charge in [-0.2, -0.15) is 0 Å². The zero-order valence-corrected chi connectivity index (χ0v) is 11.8. The molecule has 1 N–H and O–H groups in total. The van der Waals surface area contributed by atoms with Crippen molar-refractivity contribution in [1.82, 2.24) is 9.88 Å². The van der Waals surface area contributed by atoms with Crippen LogP contribution in [0.4, 0.5) is 0 Å². The highest BCUT2D eigenvalue weighted by Gasteiger charge is 2.26. The predicted octanol–water partition coefficient (Wildman–Crippen LogP) is 1.83. The Hall–Kier alpha value is -1.86. The first-order chi connectivity index (χ1) is 9.76. The van der Waals surface area contributed by atoms with E-state index in [1.807, 2.05) is 4.90 Å². The van der Waals surface area contributed by atoms with Gasteiger partial charge in [-0.25, -0.2) is 4.98 Å². The highest BCUT2D eigenvalue weighted by molar-refractivity contribution is 5.92. The van der Waals surface area contributed by atoms with E-state index in [2.05, 4.69) is 23.7 Å². The number of amides is 1. The minimum absolute atomic E-state index is 0.0122. The summed E-state index contributed by atoms with van der Waals surface area (Å²) in [6.07, 6.45) is 5.93. The van der Waals surface area contributed by atoms with Crippen LogP contribution < -0.4 is 0 Å². The average Bonchev–Trinajstić information content (AvgIpc) is 2.52. The van der Waals surface area contributed by atoms with Crippen molar-refractivity contribution in [2.45, 2.75) is 38.6 Å². The normalized spacial score (nSPS) is 18.3. The van der Waals surface area contributed by atoms with Crippen molar-refractivity contribution < 1.29 is 9.90 Å². The van der Waals surface area contributed by atoms with E-state index in [9.17, 15) is 4.79 Å². The summed E-state index contributed by atoms with van der Waals surface area (Å²) in [5.41, 5.74) is 1.18. The maximum Gasteiger partial charge on any atom is 0.272 e. The van der Waals surface area contributed by atoms with Crippen LogP contribution in [-0.2, 0) is 0 Å². The molecule has 0 spiro atoms. The molecule has 1 amide bonds. The zero-order chi connectivity index (χ0) is 14.4. The predicted molar refractivity (Wildman–Crippen MR) is 77.2 cm³/mol. The Bertz CT molecular complexity index is 514. The number of hydrogen-bond donors (Lipinski definition) is 1. The van der Waals surface area contributed by atoms with Crippen molar-refractivity contribution in [2.24, 2.45) is 0 Å². The number of piperidine rings is 1. The summed E-state index contributed by atoms with van der Waals surface area (Å²) in [6, 6.07) is 3.82. The molecule has 0 saturated carbocycles. The molecule has 4 heteroatoms. The second-order valence-electron chi connectivity index (χ2n) is 4.95. The van der Waals surface area contributed by atoms with Gasteiger partial charge in [0.05, 0.1) is 0 Å². The van der Waals surface area contributed by atoms with Gasteiger partial charge < -0.3 is 10.0 Å². The standard InChI is InChI=1S/C16H20N2O2/c1-2-14-7-3-4-10-18(14)16(20)15-9-8-13(12-17-15)6-5-11-19/h8-9,12,14,19H,2-4,7,10-11H2,1H3. The van der Waals surface area contributed by atoms with Crippen LogP contribution in [0.1, 0.15) is 48.7 Å². The van der Waals surface area contributed by atoms with Crippen molar-refractivity contribution >= 4 is 5.91 Å². The third kappa shape index (κ3) is 3.37. The minimum Gasteiger partial charge on any atom is -0.384 e. The molecule has 2 rings (SSSR count). The molecule has 0 radical (unpaired) electrons. The molecule has 2 heterocycles. The molecule has 4 nitrogen and oxygen atoms in total. The fraction of sp³-hybridized carbons (Fsp3) is 0.500. The Morgan fingerprint density at radius 1 is 1.50 bits per heavy atom. The Morgan fingerprint density at radius 2 is 2.35 bits per heavy atom. The molecule has 0 aliphatic carbocycles. The first kappa shape index (κ1) is 14.5. The van der Waals surface area contributed by atoms with Gasteiger partial charge in [-0.05, 0) is 37.8 Å². The second-order valence-corrected chi connectivity index (χ2v) is 4.95. The van der Waals surface area contributed by atoms with Crippen LogP contribution in [0.25, 0.3) is 0 Å². The van der Waals surface area contributed by atoms with Gasteiger partial charge in [0.15, 0.2) is 0 Å². The number of carbonyl (C=O) groups is 1. The third-order valence-corrected chi connectivity index (χ3v) is 3.65. The van der Waals surface area contributed by atoms with Gasteiger partial charge in [-0.3, -0.25) is 4.79 Å². The van der Waals surface area contributed by atoms with E-state index in [-0.39, 0.29) is 12.5 Å². The van der Waals surface area contributed by atoms with E-state index in [0.29, 0.717) is 17.3 Å². The smallest absolute Gasteiger partial charge is 0.272 e. The zero-order valence-electron chi connectivity index (χ0n) is 11.8. The van der Waals surface area contributed by atoms with Gasteiger partial charge in [0.2, 0.25) is 0 Å². The number of pyridine rings is 1. The van der Waals surface area contributed by atoms with Crippen molar-refractivity contribution in [3.8, 4) is 11.8 Å². The highest BCUT2D eigenvalue weighted by atomic mass is 16.2. The molecule has 1 aliphatic heterocycles. The molecule has 1 aromatic rings. The van der Waals surface area contributed by atoms with Crippen molar-refractivity contribution in [1.29, 1.82) is 0 Å². The maximum absolute atomic E-state index is 12.5. The number of hydrogen-bond acceptors (Lipinski definition) is 3. The molecule has 1 aliphatic rings. The van der Waals surface area contributed by atoms with E-state index < -0.39 is 0 Å². The number of nitrogens with zero attached hydrogens (tertiary/aromatic N) is 2. The van der Waals surface area contributed by atoms with Crippen LogP contribution in [0.3, 0.4) is 0 Å². The summed E-state index contributed by atoms with van der Waals surface area (Å²) in [6.45, 7) is 2.77. The van der Waals surface area contributed by atoms with Crippen LogP contribution in [0.5, 0.6) is 0 Å². The van der Waals surface area contributed by atoms with E-state index in [0.717, 1.165) is 25.8 Å². The fourth-order valence-electron chi connectivity index (χ4n) is 2.58. The lowest BCUT2D eigenvalue weighted by Crippen LogP contribution is -2.43. The summed E-state index contributed by atoms with van der Waals surface area (Å²) in [7, 11) is 0. The molecule has 1 unspecified atom stereocenters. The summed E-state index contributed by atoms with van der Waals surface area (Å²) in [5.74, 6) is 5.35. The summed E-state index contributed by atoms with van der Waals surface area (Å²) >= 11 is 0. The number of carbonyl (C=O) groups excluding carboxylic acids is 1. The van der Waals surface area contributed by atoms with Crippen LogP contribution in [0, 0.1) is 11.8 Å². The fourth-order valence-corrected chi connectivity index (χ4v) is 2.58. The SMILES string of the molecule is CCC1CCCCN1C(=O)c1ccc(C#CCO)cn1. The molecule has 0 aromatic carbocycles. The van der Waals surface area contributed by atoms with Crippen LogP contribution >= 0.6 is 0 Å². The summed E-state index contributed by atoms with van der Waals surface area (Å²) in [5, 5.41) is 8.64. The van der Waals surface area contributed by atoms with Gasteiger partial charge >= 0.3 is 0 Å². The number of aliphatic hydroxyl groups excluding tert-OH is 1. The van der Waals surface area contributed by atoms with Crippen molar-refractivity contribution in [3.63, 3.8) is 0 Å². The van der Waals surface area contributed by atoms with Crippen LogP contribution in [-0.4, -0.2) is 40.1 Å². The number of rotatable bonds is 2. The number of aromatic nitrogens is 1. The van der Waals surface area contributed by atoms with Gasteiger partial charge in [-0.15, -0.1) is 0 Å². The topological polar surface area (TPSA) is 53.4 Å². The van der Waals surface area contributed by atoms with Gasteiger partial charge in [-0.1, -0.05) is 18.8 Å². The number of likely N-dealkylation sites (tertiary alicyclic amines) is 1. The van der Waals surface area contributed by atoms with E-state index in [1.54, 1.807) is 18.3 Å². The Morgan fingerprint density at radius 3 is 3.00 bits per heavy atom. The average molecular weight is 272 g/mol.